The SMILES string of the molecule is N[C@@H](C(=O)CCc1cccs1)c1ccccc1. The molecule has 3 heteroatoms. The standard InChI is InChI=1S/C14H15NOS/c15-14(11-5-2-1-3-6-11)13(16)9-8-12-7-4-10-17-12/h1-7,10,14H,8-9,15H2/t14-/m1/s1. The number of hydrogen-bond donors (Lipinski definition) is 1. The fourth-order valence-corrected chi connectivity index (χ4v) is 2.41. The summed E-state index contributed by atoms with van der Waals surface area (Å²) in [4.78, 5) is 13.2. The van der Waals surface area contributed by atoms with E-state index in [-0.39, 0.29) is 5.78 Å². The summed E-state index contributed by atoms with van der Waals surface area (Å²) in [5.41, 5.74) is 6.82. The molecule has 88 valence electrons. The molecular weight excluding hydrogens is 230 g/mol. The van der Waals surface area contributed by atoms with Crippen molar-refractivity contribution in [3.05, 3.63) is 58.3 Å². The van der Waals surface area contributed by atoms with Crippen LogP contribution in [0.4, 0.5) is 0 Å². The molecule has 2 rings (SSSR count). The predicted octanol–water partition coefficient (Wildman–Crippen LogP) is 2.95. The second kappa shape index (κ2) is 5.75. The van der Waals surface area contributed by atoms with Crippen molar-refractivity contribution < 1.29 is 4.79 Å². The Morgan fingerprint density at radius 3 is 2.59 bits per heavy atom. The van der Waals surface area contributed by atoms with Crippen LogP contribution in [0.1, 0.15) is 22.9 Å². The average Bonchev–Trinajstić information content (AvgIpc) is 2.89. The average molecular weight is 245 g/mol. The van der Waals surface area contributed by atoms with Crippen LogP contribution in [0.3, 0.4) is 0 Å². The van der Waals surface area contributed by atoms with Gasteiger partial charge in [0.1, 0.15) is 0 Å². The topological polar surface area (TPSA) is 43.1 Å². The summed E-state index contributed by atoms with van der Waals surface area (Å²) in [6.07, 6.45) is 1.30. The number of nitrogens with two attached hydrogens (primary N) is 1. The van der Waals surface area contributed by atoms with Crippen molar-refractivity contribution in [3.8, 4) is 0 Å². The summed E-state index contributed by atoms with van der Waals surface area (Å²) in [7, 11) is 0. The van der Waals surface area contributed by atoms with Crippen LogP contribution in [0.2, 0.25) is 0 Å². The Kier molecular flexibility index (Phi) is 4.07. The van der Waals surface area contributed by atoms with Crippen LogP contribution in [0.25, 0.3) is 0 Å². The number of carbonyl (C=O) groups is 1. The van der Waals surface area contributed by atoms with Gasteiger partial charge in [-0.25, -0.2) is 0 Å². The van der Waals surface area contributed by atoms with Gasteiger partial charge in [0.2, 0.25) is 0 Å². The van der Waals surface area contributed by atoms with E-state index in [2.05, 4.69) is 0 Å². The zero-order valence-corrected chi connectivity index (χ0v) is 10.3. The van der Waals surface area contributed by atoms with Gasteiger partial charge in [0.05, 0.1) is 6.04 Å². The molecule has 2 N–H and O–H groups in total. The number of aryl methyl sites for hydroxylation is 1. The number of benzene rings is 1. The van der Waals surface area contributed by atoms with E-state index in [4.69, 9.17) is 5.73 Å². The summed E-state index contributed by atoms with van der Waals surface area (Å²) in [6, 6.07) is 13.1. The lowest BCUT2D eigenvalue weighted by Crippen LogP contribution is -2.21. The van der Waals surface area contributed by atoms with Gasteiger partial charge < -0.3 is 5.73 Å². The van der Waals surface area contributed by atoms with Crippen molar-refractivity contribution in [2.24, 2.45) is 5.73 Å². The minimum atomic E-state index is -0.490. The van der Waals surface area contributed by atoms with Gasteiger partial charge in [-0.2, -0.15) is 0 Å². The molecule has 0 fully saturated rings. The first-order valence-corrected chi connectivity index (χ1v) is 6.51. The number of thiophene rings is 1. The van der Waals surface area contributed by atoms with Crippen LogP contribution in [0, 0.1) is 0 Å². The van der Waals surface area contributed by atoms with Crippen LogP contribution in [-0.4, -0.2) is 5.78 Å². The molecule has 0 saturated heterocycles. The summed E-state index contributed by atoms with van der Waals surface area (Å²) >= 11 is 1.68. The molecule has 17 heavy (non-hydrogen) atoms. The minimum Gasteiger partial charge on any atom is -0.318 e. The third-order valence-corrected chi connectivity index (χ3v) is 3.64. The highest BCUT2D eigenvalue weighted by Crippen LogP contribution is 2.16. The first-order valence-electron chi connectivity index (χ1n) is 5.63. The Morgan fingerprint density at radius 2 is 1.94 bits per heavy atom. The van der Waals surface area contributed by atoms with E-state index >= 15 is 0 Å². The Labute approximate surface area is 105 Å². The fraction of sp³-hybridized carbons (Fsp3) is 0.214. The summed E-state index contributed by atoms with van der Waals surface area (Å²) in [5, 5.41) is 2.02. The van der Waals surface area contributed by atoms with Gasteiger partial charge in [-0.3, -0.25) is 4.79 Å². The second-order valence-corrected chi connectivity index (χ2v) is 4.97. The Balaban J connectivity index is 1.92. The molecule has 2 nitrogen and oxygen atoms in total. The van der Waals surface area contributed by atoms with E-state index in [1.54, 1.807) is 11.3 Å². The molecule has 0 aliphatic rings. The lowest BCUT2D eigenvalue weighted by molar-refractivity contribution is -0.120. The van der Waals surface area contributed by atoms with Crippen LogP contribution < -0.4 is 5.73 Å². The molecule has 1 aromatic carbocycles. The molecule has 1 aromatic heterocycles. The van der Waals surface area contributed by atoms with E-state index in [0.717, 1.165) is 12.0 Å². The Morgan fingerprint density at radius 1 is 1.18 bits per heavy atom. The number of rotatable bonds is 5. The normalized spacial score (nSPS) is 12.3. The van der Waals surface area contributed by atoms with Crippen LogP contribution in [0.5, 0.6) is 0 Å². The van der Waals surface area contributed by atoms with E-state index in [1.807, 2.05) is 47.8 Å². The molecule has 0 unspecified atom stereocenters. The molecule has 0 radical (unpaired) electrons. The first kappa shape index (κ1) is 12.0. The summed E-state index contributed by atoms with van der Waals surface area (Å²) in [5.74, 6) is 0.101. The molecule has 1 atom stereocenters. The molecule has 0 aliphatic heterocycles. The van der Waals surface area contributed by atoms with E-state index < -0.39 is 6.04 Å². The van der Waals surface area contributed by atoms with Crippen LogP contribution in [0.15, 0.2) is 47.8 Å². The molecule has 1 heterocycles. The van der Waals surface area contributed by atoms with Gasteiger partial charge in [-0.05, 0) is 23.4 Å². The van der Waals surface area contributed by atoms with Crippen molar-refractivity contribution in [3.63, 3.8) is 0 Å². The predicted molar refractivity (Wildman–Crippen MR) is 71.0 cm³/mol. The van der Waals surface area contributed by atoms with E-state index in [9.17, 15) is 4.79 Å². The maximum Gasteiger partial charge on any atom is 0.154 e. The van der Waals surface area contributed by atoms with Crippen molar-refractivity contribution >= 4 is 17.1 Å². The number of carbonyl (C=O) groups excluding carboxylic acids is 1. The highest BCUT2D eigenvalue weighted by atomic mass is 32.1. The highest BCUT2D eigenvalue weighted by Gasteiger charge is 2.15. The number of ketones is 1. The van der Waals surface area contributed by atoms with Crippen LogP contribution in [-0.2, 0) is 11.2 Å². The monoisotopic (exact) mass is 245 g/mol. The Hall–Kier alpha value is -1.45. The van der Waals surface area contributed by atoms with Gasteiger partial charge in [-0.1, -0.05) is 36.4 Å². The van der Waals surface area contributed by atoms with Gasteiger partial charge in [0.25, 0.3) is 0 Å². The van der Waals surface area contributed by atoms with Crippen molar-refractivity contribution in [1.82, 2.24) is 0 Å². The Bertz CT molecular complexity index is 464. The van der Waals surface area contributed by atoms with Gasteiger partial charge in [-0.15, -0.1) is 11.3 Å². The molecule has 2 aromatic rings. The molecule has 0 saturated carbocycles. The minimum absolute atomic E-state index is 0.101. The van der Waals surface area contributed by atoms with Crippen molar-refractivity contribution in [2.75, 3.05) is 0 Å². The molecule has 0 amide bonds. The van der Waals surface area contributed by atoms with Crippen molar-refractivity contribution in [1.29, 1.82) is 0 Å². The summed E-state index contributed by atoms with van der Waals surface area (Å²) < 4.78 is 0. The quantitative estimate of drug-likeness (QED) is 0.880. The maximum absolute atomic E-state index is 11.9. The zero-order valence-electron chi connectivity index (χ0n) is 9.50. The fourth-order valence-electron chi connectivity index (χ4n) is 1.70. The maximum atomic E-state index is 11.9. The van der Waals surface area contributed by atoms with E-state index in [1.165, 1.54) is 4.88 Å². The zero-order chi connectivity index (χ0) is 12.1. The molecule has 0 aliphatic carbocycles. The molecule has 0 bridgehead atoms. The van der Waals surface area contributed by atoms with E-state index in [0.29, 0.717) is 6.42 Å². The lowest BCUT2D eigenvalue weighted by atomic mass is 10.0. The summed E-state index contributed by atoms with van der Waals surface area (Å²) in [6.45, 7) is 0. The third kappa shape index (κ3) is 3.25. The number of hydrogen-bond acceptors (Lipinski definition) is 3. The van der Waals surface area contributed by atoms with Gasteiger partial charge >= 0.3 is 0 Å². The number of Topliss-reactive ketones (excluding diaryl/α,β-unsaturated/α-hetero) is 1. The van der Waals surface area contributed by atoms with Gasteiger partial charge in [0, 0.05) is 11.3 Å². The molecular formula is C14H15NOS. The lowest BCUT2D eigenvalue weighted by Gasteiger charge is -2.10. The van der Waals surface area contributed by atoms with Crippen molar-refractivity contribution in [2.45, 2.75) is 18.9 Å². The smallest absolute Gasteiger partial charge is 0.154 e. The largest absolute Gasteiger partial charge is 0.318 e. The van der Waals surface area contributed by atoms with Crippen LogP contribution >= 0.6 is 11.3 Å². The second-order valence-electron chi connectivity index (χ2n) is 3.93. The first-order chi connectivity index (χ1) is 8.27. The molecule has 0 spiro atoms. The third-order valence-electron chi connectivity index (χ3n) is 2.70. The highest BCUT2D eigenvalue weighted by molar-refractivity contribution is 7.09. The van der Waals surface area contributed by atoms with Gasteiger partial charge in [0.15, 0.2) is 5.78 Å².